The van der Waals surface area contributed by atoms with Gasteiger partial charge in [-0.25, -0.2) is 10.2 Å². The molecular weight excluding hydrogens is 342 g/mol. The number of aromatic nitrogens is 2. The molecule has 23 heavy (non-hydrogen) atoms. The van der Waals surface area contributed by atoms with Crippen molar-refractivity contribution < 1.29 is 9.18 Å². The van der Waals surface area contributed by atoms with Gasteiger partial charge in [-0.1, -0.05) is 29.3 Å². The van der Waals surface area contributed by atoms with Crippen LogP contribution in [0.3, 0.4) is 0 Å². The molecule has 3 aromatic rings. The summed E-state index contributed by atoms with van der Waals surface area (Å²) in [5, 5.41) is 5.60. The second-order valence-electron chi connectivity index (χ2n) is 4.88. The third-order valence-corrected chi connectivity index (χ3v) is 3.98. The van der Waals surface area contributed by atoms with Gasteiger partial charge in [-0.3, -0.25) is 14.9 Å². The van der Waals surface area contributed by atoms with Gasteiger partial charge in [-0.15, -0.1) is 0 Å². The largest absolute Gasteiger partial charge is 0.289 e. The number of nitrogens with one attached hydrogen (secondary N) is 1. The molecule has 1 heterocycles. The quantitative estimate of drug-likeness (QED) is 0.432. The van der Waals surface area contributed by atoms with Crippen molar-refractivity contribution in [1.82, 2.24) is 15.2 Å². The number of nitrogen functional groups attached to an aromatic ring is 1. The van der Waals surface area contributed by atoms with E-state index in [0.29, 0.717) is 21.5 Å². The number of amides is 1. The van der Waals surface area contributed by atoms with Crippen LogP contribution in [0.4, 0.5) is 4.39 Å². The fourth-order valence-corrected chi connectivity index (χ4v) is 2.72. The van der Waals surface area contributed by atoms with E-state index in [2.05, 4.69) is 10.5 Å². The maximum absolute atomic E-state index is 13.2. The van der Waals surface area contributed by atoms with Crippen molar-refractivity contribution in [2.45, 2.75) is 6.54 Å². The lowest BCUT2D eigenvalue weighted by atomic mass is 10.2. The molecule has 0 atom stereocenters. The summed E-state index contributed by atoms with van der Waals surface area (Å²) in [6, 6.07) is 9.19. The number of carbonyl (C=O) groups is 1. The van der Waals surface area contributed by atoms with E-state index < -0.39 is 11.7 Å². The van der Waals surface area contributed by atoms with Crippen molar-refractivity contribution >= 4 is 40.0 Å². The molecule has 0 bridgehead atoms. The van der Waals surface area contributed by atoms with E-state index in [4.69, 9.17) is 29.0 Å². The van der Waals surface area contributed by atoms with Crippen LogP contribution < -0.4 is 11.3 Å². The number of nitrogens with zero attached hydrogens (tertiary/aromatic N) is 2. The number of fused-ring (bicyclic) bond motifs is 1. The van der Waals surface area contributed by atoms with Crippen LogP contribution >= 0.6 is 23.2 Å². The summed E-state index contributed by atoms with van der Waals surface area (Å²) in [7, 11) is 0. The van der Waals surface area contributed by atoms with Gasteiger partial charge in [-0.05, 0) is 35.9 Å². The summed E-state index contributed by atoms with van der Waals surface area (Å²) in [5.41, 5.74) is 3.57. The Kier molecular flexibility index (Phi) is 4.21. The highest BCUT2D eigenvalue weighted by Gasteiger charge is 2.17. The fourth-order valence-electron chi connectivity index (χ4n) is 2.32. The maximum Gasteiger partial charge on any atom is 0.286 e. The van der Waals surface area contributed by atoms with E-state index >= 15 is 0 Å². The predicted molar refractivity (Wildman–Crippen MR) is 86.9 cm³/mol. The minimum absolute atomic E-state index is 0.156. The standard InChI is InChI=1S/C15H11Cl2FN4O/c16-9-2-4-13-11(5-9)14(15(23)20-19)21-22(13)7-8-1-3-10(18)6-12(8)17/h1-6H,7,19H2,(H,20,23). The number of benzene rings is 2. The predicted octanol–water partition coefficient (Wildman–Crippen LogP) is 3.13. The lowest BCUT2D eigenvalue weighted by molar-refractivity contribution is 0.0949. The number of hydrogen-bond donors (Lipinski definition) is 2. The molecule has 0 unspecified atom stereocenters. The van der Waals surface area contributed by atoms with E-state index in [-0.39, 0.29) is 17.3 Å². The van der Waals surface area contributed by atoms with Crippen LogP contribution in [0.1, 0.15) is 16.1 Å². The molecule has 0 radical (unpaired) electrons. The lowest BCUT2D eigenvalue weighted by Gasteiger charge is -2.06. The van der Waals surface area contributed by atoms with Crippen molar-refractivity contribution in [3.8, 4) is 0 Å². The van der Waals surface area contributed by atoms with E-state index in [1.54, 1.807) is 28.9 Å². The first kappa shape index (κ1) is 15.7. The van der Waals surface area contributed by atoms with E-state index in [1.807, 2.05) is 0 Å². The summed E-state index contributed by atoms with van der Waals surface area (Å²) in [6.07, 6.45) is 0. The topological polar surface area (TPSA) is 72.9 Å². The van der Waals surface area contributed by atoms with Crippen LogP contribution in [-0.2, 0) is 6.54 Å². The Morgan fingerprint density at radius 3 is 2.74 bits per heavy atom. The summed E-state index contributed by atoms with van der Waals surface area (Å²) < 4.78 is 14.7. The molecular formula is C15H11Cl2FN4O. The van der Waals surface area contributed by atoms with Gasteiger partial charge < -0.3 is 0 Å². The average molecular weight is 353 g/mol. The van der Waals surface area contributed by atoms with Crippen LogP contribution in [0.5, 0.6) is 0 Å². The smallest absolute Gasteiger partial charge is 0.286 e. The molecule has 2 aromatic carbocycles. The van der Waals surface area contributed by atoms with Crippen molar-refractivity contribution in [1.29, 1.82) is 0 Å². The third-order valence-electron chi connectivity index (χ3n) is 3.39. The molecule has 1 aromatic heterocycles. The van der Waals surface area contributed by atoms with Crippen LogP contribution in [-0.4, -0.2) is 15.7 Å². The molecule has 3 N–H and O–H groups in total. The van der Waals surface area contributed by atoms with Gasteiger partial charge >= 0.3 is 0 Å². The second kappa shape index (κ2) is 6.16. The molecule has 0 fully saturated rings. The molecule has 118 valence electrons. The second-order valence-corrected chi connectivity index (χ2v) is 5.72. The Bertz CT molecular complexity index is 910. The highest BCUT2D eigenvalue weighted by Crippen LogP contribution is 2.25. The minimum Gasteiger partial charge on any atom is -0.289 e. The molecule has 0 saturated carbocycles. The normalized spacial score (nSPS) is 11.0. The Morgan fingerprint density at radius 2 is 2.04 bits per heavy atom. The molecule has 0 saturated heterocycles. The molecule has 5 nitrogen and oxygen atoms in total. The molecule has 0 aliphatic carbocycles. The van der Waals surface area contributed by atoms with Crippen LogP contribution in [0.15, 0.2) is 36.4 Å². The van der Waals surface area contributed by atoms with Gasteiger partial charge in [0.2, 0.25) is 0 Å². The minimum atomic E-state index is -0.527. The molecule has 0 spiro atoms. The number of rotatable bonds is 3. The number of hydrogen-bond acceptors (Lipinski definition) is 3. The van der Waals surface area contributed by atoms with Crippen LogP contribution in [0.2, 0.25) is 10.0 Å². The zero-order valence-corrected chi connectivity index (χ0v) is 13.2. The van der Waals surface area contributed by atoms with Crippen molar-refractivity contribution in [3.63, 3.8) is 0 Å². The van der Waals surface area contributed by atoms with Crippen molar-refractivity contribution in [2.24, 2.45) is 5.84 Å². The van der Waals surface area contributed by atoms with Gasteiger partial charge in [-0.2, -0.15) is 5.10 Å². The lowest BCUT2D eigenvalue weighted by Crippen LogP contribution is -2.30. The summed E-state index contributed by atoms with van der Waals surface area (Å²) >= 11 is 12.0. The van der Waals surface area contributed by atoms with Gasteiger partial charge in [0.1, 0.15) is 5.82 Å². The zero-order valence-electron chi connectivity index (χ0n) is 11.7. The number of hydrazine groups is 1. The number of carbonyl (C=O) groups excluding carboxylic acids is 1. The molecule has 3 rings (SSSR count). The molecule has 1 amide bonds. The van der Waals surface area contributed by atoms with Gasteiger partial charge in [0.25, 0.3) is 5.91 Å². The molecule has 0 aliphatic rings. The monoisotopic (exact) mass is 352 g/mol. The third kappa shape index (κ3) is 3.01. The Labute approximate surface area is 140 Å². The first-order valence-electron chi connectivity index (χ1n) is 6.60. The van der Waals surface area contributed by atoms with E-state index in [1.165, 1.54) is 12.1 Å². The summed E-state index contributed by atoms with van der Waals surface area (Å²) in [5.74, 6) is 4.25. The van der Waals surface area contributed by atoms with Gasteiger partial charge in [0.15, 0.2) is 5.69 Å². The van der Waals surface area contributed by atoms with Crippen molar-refractivity contribution in [2.75, 3.05) is 0 Å². The first-order chi connectivity index (χ1) is 11.0. The molecule has 0 aliphatic heterocycles. The zero-order chi connectivity index (χ0) is 16.6. The Hall–Kier alpha value is -2.15. The Morgan fingerprint density at radius 1 is 1.26 bits per heavy atom. The molecule has 8 heteroatoms. The van der Waals surface area contributed by atoms with E-state index in [0.717, 1.165) is 0 Å². The highest BCUT2D eigenvalue weighted by molar-refractivity contribution is 6.31. The first-order valence-corrected chi connectivity index (χ1v) is 7.36. The van der Waals surface area contributed by atoms with Crippen LogP contribution in [0.25, 0.3) is 10.9 Å². The SMILES string of the molecule is NNC(=O)c1nn(Cc2ccc(F)cc2Cl)c2ccc(Cl)cc12. The Balaban J connectivity index is 2.12. The maximum atomic E-state index is 13.2. The summed E-state index contributed by atoms with van der Waals surface area (Å²) in [6.45, 7) is 0.273. The van der Waals surface area contributed by atoms with Gasteiger partial charge in [0, 0.05) is 15.4 Å². The fraction of sp³-hybridized carbons (Fsp3) is 0.0667. The number of nitrogens with two attached hydrogens (primary N) is 1. The highest BCUT2D eigenvalue weighted by atomic mass is 35.5. The average Bonchev–Trinajstić information content (AvgIpc) is 2.87. The van der Waals surface area contributed by atoms with Crippen LogP contribution in [0, 0.1) is 5.82 Å². The van der Waals surface area contributed by atoms with E-state index in [9.17, 15) is 9.18 Å². The summed E-state index contributed by atoms with van der Waals surface area (Å²) in [4.78, 5) is 11.9. The van der Waals surface area contributed by atoms with Gasteiger partial charge in [0.05, 0.1) is 12.1 Å². The van der Waals surface area contributed by atoms with Crippen molar-refractivity contribution in [3.05, 3.63) is 63.5 Å². The number of halogens is 3.